The molecule has 4 rings (SSSR count). The lowest BCUT2D eigenvalue weighted by Gasteiger charge is -2.38. The molecule has 0 saturated carbocycles. The minimum Gasteiger partial charge on any atom is -0.493 e. The molecule has 0 aromatic heterocycles. The van der Waals surface area contributed by atoms with Gasteiger partial charge in [-0.2, -0.15) is 0 Å². The summed E-state index contributed by atoms with van der Waals surface area (Å²) in [6.07, 6.45) is 0.611. The lowest BCUT2D eigenvalue weighted by Crippen LogP contribution is -2.39. The Hall–Kier alpha value is -3.17. The highest BCUT2D eigenvalue weighted by Crippen LogP contribution is 2.51. The van der Waals surface area contributed by atoms with Crippen molar-refractivity contribution in [3.05, 3.63) is 41.0 Å². The molecule has 2 aromatic carbocycles. The Bertz CT molecular complexity index is 1030. The predicted octanol–water partition coefficient (Wildman–Crippen LogP) is 3.55. The topological polar surface area (TPSA) is 90.9 Å². The summed E-state index contributed by atoms with van der Waals surface area (Å²) in [6, 6.07) is 7.72. The van der Waals surface area contributed by atoms with E-state index in [0.717, 1.165) is 16.7 Å². The number of ether oxygens (including phenoxy) is 8. The molecule has 190 valence electrons. The number of hydrogen-bond donors (Lipinski definition) is 0. The summed E-state index contributed by atoms with van der Waals surface area (Å²) < 4.78 is 44.4. The van der Waals surface area contributed by atoms with Crippen LogP contribution in [0.25, 0.3) is 0 Å². The van der Waals surface area contributed by atoms with Gasteiger partial charge in [0.2, 0.25) is 12.5 Å². The van der Waals surface area contributed by atoms with Gasteiger partial charge >= 0.3 is 5.97 Å². The van der Waals surface area contributed by atoms with E-state index in [0.29, 0.717) is 41.8 Å². The van der Waals surface area contributed by atoms with Gasteiger partial charge in [0.1, 0.15) is 6.79 Å². The predicted molar refractivity (Wildman–Crippen MR) is 126 cm³/mol. The number of benzene rings is 2. The van der Waals surface area contributed by atoms with Gasteiger partial charge in [0.05, 0.1) is 40.5 Å². The van der Waals surface area contributed by atoms with E-state index in [4.69, 9.17) is 37.9 Å². The Morgan fingerprint density at radius 1 is 0.971 bits per heavy atom. The van der Waals surface area contributed by atoms with Gasteiger partial charge in [0.25, 0.3) is 0 Å². The molecule has 3 atom stereocenters. The summed E-state index contributed by atoms with van der Waals surface area (Å²) in [4.78, 5) is 13.4. The monoisotopic (exact) mass is 488 g/mol. The first-order chi connectivity index (χ1) is 17.1. The van der Waals surface area contributed by atoms with Gasteiger partial charge in [0, 0.05) is 18.9 Å². The number of carbonyl (C=O) groups is 1. The Morgan fingerprint density at radius 2 is 1.66 bits per heavy atom. The SMILES string of the molecule is CCOC(=O)[C@H]1[C@H](COCOC)Cc2cc3c(cc2[C@H]1c1cc(OC)c(OC)c(OC)c1)OCO3. The number of esters is 1. The van der Waals surface area contributed by atoms with E-state index in [-0.39, 0.29) is 38.0 Å². The summed E-state index contributed by atoms with van der Waals surface area (Å²) >= 11 is 0. The minimum atomic E-state index is -0.525. The third-order valence-electron chi connectivity index (χ3n) is 6.46. The lowest BCUT2D eigenvalue weighted by atomic mass is 9.66. The van der Waals surface area contributed by atoms with Crippen molar-refractivity contribution in [2.45, 2.75) is 19.3 Å². The quantitative estimate of drug-likeness (QED) is 0.283. The highest BCUT2D eigenvalue weighted by atomic mass is 16.7. The highest BCUT2D eigenvalue weighted by molar-refractivity contribution is 5.77. The number of carbonyl (C=O) groups excluding carboxylic acids is 1. The first kappa shape index (κ1) is 24.9. The van der Waals surface area contributed by atoms with E-state index in [9.17, 15) is 4.79 Å². The molecule has 1 heterocycles. The third kappa shape index (κ3) is 4.83. The first-order valence-corrected chi connectivity index (χ1v) is 11.5. The van der Waals surface area contributed by atoms with E-state index in [1.165, 1.54) is 0 Å². The molecule has 0 spiro atoms. The summed E-state index contributed by atoms with van der Waals surface area (Å²) in [7, 11) is 6.26. The second kappa shape index (κ2) is 11.0. The molecule has 0 saturated heterocycles. The highest BCUT2D eigenvalue weighted by Gasteiger charge is 2.44. The van der Waals surface area contributed by atoms with Crippen molar-refractivity contribution < 1.29 is 42.7 Å². The van der Waals surface area contributed by atoms with Crippen LogP contribution in [-0.2, 0) is 25.4 Å². The molecule has 9 nitrogen and oxygen atoms in total. The number of methoxy groups -OCH3 is 4. The van der Waals surface area contributed by atoms with Crippen molar-refractivity contribution in [1.82, 2.24) is 0 Å². The average molecular weight is 489 g/mol. The first-order valence-electron chi connectivity index (χ1n) is 11.5. The smallest absolute Gasteiger partial charge is 0.310 e. The zero-order valence-electron chi connectivity index (χ0n) is 20.8. The fourth-order valence-electron chi connectivity index (χ4n) is 5.02. The second-order valence-electron chi connectivity index (χ2n) is 8.36. The summed E-state index contributed by atoms with van der Waals surface area (Å²) in [6.45, 7) is 2.70. The van der Waals surface area contributed by atoms with E-state index in [2.05, 4.69) is 0 Å². The van der Waals surface area contributed by atoms with Crippen molar-refractivity contribution in [2.75, 3.05) is 55.2 Å². The normalized spacial score (nSPS) is 20.2. The molecule has 1 aliphatic carbocycles. The van der Waals surface area contributed by atoms with E-state index >= 15 is 0 Å². The Labute approximate surface area is 205 Å². The summed E-state index contributed by atoms with van der Waals surface area (Å²) in [5, 5.41) is 0. The van der Waals surface area contributed by atoms with Crippen molar-refractivity contribution in [3.63, 3.8) is 0 Å². The van der Waals surface area contributed by atoms with Crippen LogP contribution in [0.4, 0.5) is 0 Å². The van der Waals surface area contributed by atoms with Gasteiger partial charge in [-0.05, 0) is 54.3 Å². The van der Waals surface area contributed by atoms with E-state index in [1.54, 1.807) is 35.4 Å². The molecule has 0 unspecified atom stereocenters. The van der Waals surface area contributed by atoms with Crippen molar-refractivity contribution in [1.29, 1.82) is 0 Å². The number of hydrogen-bond acceptors (Lipinski definition) is 9. The van der Waals surface area contributed by atoms with Gasteiger partial charge in [-0.25, -0.2) is 0 Å². The average Bonchev–Trinajstić information content (AvgIpc) is 3.33. The zero-order valence-corrected chi connectivity index (χ0v) is 20.8. The van der Waals surface area contributed by atoms with Gasteiger partial charge in [0.15, 0.2) is 23.0 Å². The molecule has 9 heteroatoms. The maximum absolute atomic E-state index is 13.4. The zero-order chi connectivity index (χ0) is 24.9. The molecule has 0 bridgehead atoms. The Balaban J connectivity index is 1.90. The molecular weight excluding hydrogens is 456 g/mol. The van der Waals surface area contributed by atoms with Crippen LogP contribution in [0.3, 0.4) is 0 Å². The van der Waals surface area contributed by atoms with Crippen LogP contribution in [0.5, 0.6) is 28.7 Å². The van der Waals surface area contributed by atoms with Crippen LogP contribution >= 0.6 is 0 Å². The third-order valence-corrected chi connectivity index (χ3v) is 6.46. The largest absolute Gasteiger partial charge is 0.493 e. The van der Waals surface area contributed by atoms with Gasteiger partial charge in [-0.3, -0.25) is 4.79 Å². The van der Waals surface area contributed by atoms with E-state index in [1.807, 2.05) is 24.3 Å². The van der Waals surface area contributed by atoms with Crippen molar-refractivity contribution in [2.24, 2.45) is 11.8 Å². The summed E-state index contributed by atoms with van der Waals surface area (Å²) in [5.74, 6) is 1.47. The number of rotatable bonds is 10. The second-order valence-corrected chi connectivity index (χ2v) is 8.36. The standard InChI is InChI=1S/C26H32O9/c1-6-33-26(27)24-17(12-32-13-28-2)7-15-8-19-20(35-14-34-19)11-18(15)23(24)16-9-21(29-3)25(31-5)22(10-16)30-4/h8-11,17,23-24H,6-7,12-14H2,1-5H3/t17-,23+,24-/m0/s1. The van der Waals surface area contributed by atoms with Gasteiger partial charge < -0.3 is 37.9 Å². The molecule has 2 aromatic rings. The van der Waals surface area contributed by atoms with Gasteiger partial charge in [-0.1, -0.05) is 0 Å². The fraction of sp³-hybridized carbons (Fsp3) is 0.500. The van der Waals surface area contributed by atoms with Crippen LogP contribution < -0.4 is 23.7 Å². The van der Waals surface area contributed by atoms with Crippen molar-refractivity contribution in [3.8, 4) is 28.7 Å². The molecule has 35 heavy (non-hydrogen) atoms. The molecule has 0 N–H and O–H groups in total. The van der Waals surface area contributed by atoms with Crippen LogP contribution in [-0.4, -0.2) is 61.2 Å². The van der Waals surface area contributed by atoms with Crippen molar-refractivity contribution >= 4 is 5.97 Å². The summed E-state index contributed by atoms with van der Waals surface area (Å²) in [5.41, 5.74) is 2.85. The maximum atomic E-state index is 13.4. The molecule has 2 aliphatic rings. The molecule has 0 amide bonds. The molecule has 1 aliphatic heterocycles. The van der Waals surface area contributed by atoms with Crippen LogP contribution in [0, 0.1) is 11.8 Å². The van der Waals surface area contributed by atoms with Crippen LogP contribution in [0.2, 0.25) is 0 Å². The van der Waals surface area contributed by atoms with Crippen LogP contribution in [0.1, 0.15) is 29.5 Å². The maximum Gasteiger partial charge on any atom is 0.310 e. The van der Waals surface area contributed by atoms with Gasteiger partial charge in [-0.15, -0.1) is 0 Å². The minimum absolute atomic E-state index is 0.134. The molecule has 0 radical (unpaired) electrons. The fourth-order valence-corrected chi connectivity index (χ4v) is 5.02. The Morgan fingerprint density at radius 3 is 2.26 bits per heavy atom. The lowest BCUT2D eigenvalue weighted by molar-refractivity contribution is -0.153. The van der Waals surface area contributed by atoms with E-state index < -0.39 is 5.92 Å². The van der Waals surface area contributed by atoms with Crippen LogP contribution in [0.15, 0.2) is 24.3 Å². The number of fused-ring (bicyclic) bond motifs is 2. The molecular formula is C26H32O9. The Kier molecular flexibility index (Phi) is 7.87. The molecule has 0 fully saturated rings.